The van der Waals surface area contributed by atoms with Crippen LogP contribution in [0.3, 0.4) is 0 Å². The molecule has 140 valence electrons. The van der Waals surface area contributed by atoms with Crippen LogP contribution in [0.5, 0.6) is 5.75 Å². The van der Waals surface area contributed by atoms with E-state index in [2.05, 4.69) is 4.98 Å². The maximum atomic E-state index is 12.5. The summed E-state index contributed by atoms with van der Waals surface area (Å²) < 4.78 is 48.8. The summed E-state index contributed by atoms with van der Waals surface area (Å²) in [4.78, 5) is 16.5. The highest BCUT2D eigenvalue weighted by atomic mass is 35.5. The molecule has 0 atom stereocenters. The van der Waals surface area contributed by atoms with Gasteiger partial charge in [-0.05, 0) is 19.4 Å². The highest BCUT2D eigenvalue weighted by Gasteiger charge is 2.32. The van der Waals surface area contributed by atoms with E-state index in [1.807, 2.05) is 6.92 Å². The maximum Gasteiger partial charge on any atom is 0.422 e. The Bertz CT molecular complexity index is 775. The standard InChI is InChI=1S/C15H18F3N3O3.ClH/c1-4-10-9(19)6-8-12(24-7-15(16,17)18)11(14(22)23-5-2)21(3)13(8)20-10;/h6H,4-5,7,19H2,1-3H3;1H. The molecule has 0 spiro atoms. The zero-order chi connectivity index (χ0) is 18.1. The molecule has 2 aromatic heterocycles. The number of halogens is 4. The Labute approximate surface area is 148 Å². The van der Waals surface area contributed by atoms with Crippen molar-refractivity contribution in [1.82, 2.24) is 9.55 Å². The van der Waals surface area contributed by atoms with Crippen LogP contribution in [0.1, 0.15) is 30.0 Å². The number of ether oxygens (including phenoxy) is 2. The first-order valence-corrected chi connectivity index (χ1v) is 7.34. The normalized spacial score (nSPS) is 11.3. The van der Waals surface area contributed by atoms with Crippen LogP contribution in [0.25, 0.3) is 11.0 Å². The van der Waals surface area contributed by atoms with Crippen LogP contribution in [0.2, 0.25) is 0 Å². The number of alkyl halides is 3. The number of hydrogen-bond acceptors (Lipinski definition) is 5. The predicted molar refractivity (Wildman–Crippen MR) is 89.3 cm³/mol. The van der Waals surface area contributed by atoms with E-state index < -0.39 is 18.8 Å². The number of rotatable bonds is 5. The lowest BCUT2D eigenvalue weighted by atomic mass is 10.2. The van der Waals surface area contributed by atoms with Gasteiger partial charge in [0, 0.05) is 7.05 Å². The van der Waals surface area contributed by atoms with E-state index >= 15 is 0 Å². The molecular formula is C15H19ClF3N3O3. The van der Waals surface area contributed by atoms with Crippen LogP contribution in [0, 0.1) is 0 Å². The Balaban J connectivity index is 0.00000312. The van der Waals surface area contributed by atoms with E-state index in [4.69, 9.17) is 15.2 Å². The molecule has 2 rings (SSSR count). The van der Waals surface area contributed by atoms with Crippen molar-refractivity contribution >= 4 is 35.1 Å². The van der Waals surface area contributed by atoms with Crippen molar-refractivity contribution in [1.29, 1.82) is 0 Å². The van der Waals surface area contributed by atoms with Gasteiger partial charge in [0.2, 0.25) is 0 Å². The van der Waals surface area contributed by atoms with Crippen molar-refractivity contribution in [3.8, 4) is 5.75 Å². The molecular weight excluding hydrogens is 363 g/mol. The van der Waals surface area contributed by atoms with E-state index in [-0.39, 0.29) is 35.8 Å². The number of nitrogen functional groups attached to an aromatic ring is 1. The fraction of sp³-hybridized carbons (Fsp3) is 0.467. The van der Waals surface area contributed by atoms with Crippen LogP contribution >= 0.6 is 12.4 Å². The largest absolute Gasteiger partial charge is 0.481 e. The molecule has 0 aliphatic heterocycles. The van der Waals surface area contributed by atoms with Gasteiger partial charge in [-0.15, -0.1) is 12.4 Å². The number of aryl methyl sites for hydroxylation is 2. The number of anilines is 1. The first-order chi connectivity index (χ1) is 11.2. The van der Waals surface area contributed by atoms with Gasteiger partial charge < -0.3 is 19.8 Å². The average molecular weight is 382 g/mol. The first kappa shape index (κ1) is 20.9. The smallest absolute Gasteiger partial charge is 0.422 e. The van der Waals surface area contributed by atoms with E-state index in [0.29, 0.717) is 23.4 Å². The van der Waals surface area contributed by atoms with Crippen molar-refractivity contribution < 1.29 is 27.4 Å². The lowest BCUT2D eigenvalue weighted by Crippen LogP contribution is -2.20. The molecule has 0 aromatic carbocycles. The molecule has 0 saturated carbocycles. The summed E-state index contributed by atoms with van der Waals surface area (Å²) in [7, 11) is 1.51. The zero-order valence-corrected chi connectivity index (χ0v) is 14.8. The minimum atomic E-state index is -4.55. The van der Waals surface area contributed by atoms with Crippen LogP contribution in [-0.4, -0.2) is 34.9 Å². The van der Waals surface area contributed by atoms with Gasteiger partial charge in [0.15, 0.2) is 18.1 Å². The van der Waals surface area contributed by atoms with Crippen molar-refractivity contribution in [3.63, 3.8) is 0 Å². The van der Waals surface area contributed by atoms with Gasteiger partial charge >= 0.3 is 12.1 Å². The third kappa shape index (κ3) is 4.28. The summed E-state index contributed by atoms with van der Waals surface area (Å²) >= 11 is 0. The van der Waals surface area contributed by atoms with Crippen LogP contribution < -0.4 is 10.5 Å². The molecule has 0 unspecified atom stereocenters. The Hall–Kier alpha value is -2.16. The molecule has 25 heavy (non-hydrogen) atoms. The number of pyridine rings is 1. The SMILES string of the molecule is CCOC(=O)c1c(OCC(F)(F)F)c2cc(N)c(CC)nc2n1C.Cl. The molecule has 2 N–H and O–H groups in total. The molecule has 10 heteroatoms. The Kier molecular flexibility index (Phi) is 6.53. The minimum absolute atomic E-state index is 0. The Morgan fingerprint density at radius 1 is 1.36 bits per heavy atom. The molecule has 6 nitrogen and oxygen atoms in total. The fourth-order valence-corrected chi connectivity index (χ4v) is 2.38. The molecule has 0 saturated heterocycles. The van der Waals surface area contributed by atoms with Crippen molar-refractivity contribution in [3.05, 3.63) is 17.5 Å². The molecule has 0 fully saturated rings. The number of esters is 1. The van der Waals surface area contributed by atoms with Crippen LogP contribution in [0.15, 0.2) is 6.07 Å². The van der Waals surface area contributed by atoms with Crippen molar-refractivity contribution in [2.45, 2.75) is 26.4 Å². The van der Waals surface area contributed by atoms with E-state index in [1.165, 1.54) is 17.7 Å². The number of carbonyl (C=O) groups is 1. The van der Waals surface area contributed by atoms with E-state index in [9.17, 15) is 18.0 Å². The molecule has 0 aliphatic rings. The number of nitrogens with two attached hydrogens (primary N) is 1. The summed E-state index contributed by atoms with van der Waals surface area (Å²) in [5.74, 6) is -1.02. The van der Waals surface area contributed by atoms with E-state index in [1.54, 1.807) is 6.92 Å². The number of fused-ring (bicyclic) bond motifs is 1. The number of hydrogen-bond donors (Lipinski definition) is 1. The zero-order valence-electron chi connectivity index (χ0n) is 13.9. The third-order valence-corrected chi connectivity index (χ3v) is 3.41. The molecule has 0 radical (unpaired) electrons. The first-order valence-electron chi connectivity index (χ1n) is 7.34. The lowest BCUT2D eigenvalue weighted by Gasteiger charge is -2.11. The van der Waals surface area contributed by atoms with Gasteiger partial charge in [0.25, 0.3) is 0 Å². The summed E-state index contributed by atoms with van der Waals surface area (Å²) in [6.45, 7) is 1.99. The van der Waals surface area contributed by atoms with Gasteiger partial charge in [0.05, 0.1) is 23.4 Å². The molecule has 2 heterocycles. The Morgan fingerprint density at radius 3 is 2.52 bits per heavy atom. The number of aromatic nitrogens is 2. The quantitative estimate of drug-likeness (QED) is 0.804. The molecule has 2 aromatic rings. The Morgan fingerprint density at radius 2 is 2.00 bits per heavy atom. The minimum Gasteiger partial charge on any atom is -0.481 e. The fourth-order valence-electron chi connectivity index (χ4n) is 2.38. The number of nitrogens with zero attached hydrogens (tertiary/aromatic N) is 2. The lowest BCUT2D eigenvalue weighted by molar-refractivity contribution is -0.153. The van der Waals surface area contributed by atoms with Crippen molar-refractivity contribution in [2.24, 2.45) is 7.05 Å². The number of carbonyl (C=O) groups excluding carboxylic acids is 1. The van der Waals surface area contributed by atoms with Gasteiger partial charge in [0.1, 0.15) is 5.65 Å². The monoisotopic (exact) mass is 381 g/mol. The second kappa shape index (κ2) is 7.81. The highest BCUT2D eigenvalue weighted by molar-refractivity contribution is 6.01. The van der Waals surface area contributed by atoms with Gasteiger partial charge in [-0.3, -0.25) is 0 Å². The van der Waals surface area contributed by atoms with Gasteiger partial charge in [-0.2, -0.15) is 13.2 Å². The van der Waals surface area contributed by atoms with Crippen LogP contribution in [-0.2, 0) is 18.2 Å². The van der Waals surface area contributed by atoms with Gasteiger partial charge in [-0.1, -0.05) is 6.92 Å². The van der Waals surface area contributed by atoms with Crippen molar-refractivity contribution in [2.75, 3.05) is 18.9 Å². The predicted octanol–water partition coefficient (Wildman–Crippen LogP) is 3.26. The third-order valence-electron chi connectivity index (χ3n) is 3.41. The second-order valence-corrected chi connectivity index (χ2v) is 5.11. The summed E-state index contributed by atoms with van der Waals surface area (Å²) in [5, 5.41) is 0.236. The second-order valence-electron chi connectivity index (χ2n) is 5.11. The summed E-state index contributed by atoms with van der Waals surface area (Å²) in [6.07, 6.45) is -4.00. The van der Waals surface area contributed by atoms with Gasteiger partial charge in [-0.25, -0.2) is 9.78 Å². The topological polar surface area (TPSA) is 79.4 Å². The van der Waals surface area contributed by atoms with Crippen LogP contribution in [0.4, 0.5) is 18.9 Å². The summed E-state index contributed by atoms with van der Waals surface area (Å²) in [6, 6.07) is 1.47. The maximum absolute atomic E-state index is 12.5. The summed E-state index contributed by atoms with van der Waals surface area (Å²) in [5.41, 5.74) is 6.96. The molecule has 0 amide bonds. The highest BCUT2D eigenvalue weighted by Crippen LogP contribution is 2.35. The van der Waals surface area contributed by atoms with E-state index in [0.717, 1.165) is 0 Å². The molecule has 0 bridgehead atoms. The molecule has 0 aliphatic carbocycles. The average Bonchev–Trinajstić information content (AvgIpc) is 2.75.